The van der Waals surface area contributed by atoms with Gasteiger partial charge in [0.15, 0.2) is 0 Å². The Hall–Kier alpha value is -0.570. The van der Waals surface area contributed by atoms with Gasteiger partial charge in [0.25, 0.3) is 0 Å². The monoisotopic (exact) mass is 226 g/mol. The number of carbonyl (C=O) groups is 1. The summed E-state index contributed by atoms with van der Waals surface area (Å²) >= 11 is 0. The van der Waals surface area contributed by atoms with Crippen LogP contribution in [0.2, 0.25) is 0 Å². The highest BCUT2D eigenvalue weighted by Crippen LogP contribution is 2.25. The molecule has 2 N–H and O–H groups in total. The van der Waals surface area contributed by atoms with Crippen LogP contribution in [-0.4, -0.2) is 29.9 Å². The molecule has 1 amide bonds. The van der Waals surface area contributed by atoms with Crippen LogP contribution in [0.15, 0.2) is 0 Å². The average molecular weight is 226 g/mol. The van der Waals surface area contributed by atoms with Crippen molar-refractivity contribution in [2.75, 3.05) is 7.05 Å². The molecule has 0 spiro atoms. The van der Waals surface area contributed by atoms with Crippen LogP contribution in [0.3, 0.4) is 0 Å². The van der Waals surface area contributed by atoms with Crippen LogP contribution < -0.4 is 5.73 Å². The summed E-state index contributed by atoms with van der Waals surface area (Å²) in [6.45, 7) is 4.30. The van der Waals surface area contributed by atoms with E-state index in [1.54, 1.807) is 0 Å². The maximum atomic E-state index is 12.2. The Morgan fingerprint density at radius 2 is 1.75 bits per heavy atom. The largest absolute Gasteiger partial charge is 0.343 e. The Bertz CT molecular complexity index is 218. The highest BCUT2D eigenvalue weighted by atomic mass is 16.2. The van der Waals surface area contributed by atoms with Gasteiger partial charge in [-0.1, -0.05) is 13.8 Å². The van der Waals surface area contributed by atoms with E-state index in [4.69, 9.17) is 5.73 Å². The molecule has 0 unspecified atom stereocenters. The maximum absolute atomic E-state index is 12.2. The van der Waals surface area contributed by atoms with E-state index in [2.05, 4.69) is 13.8 Å². The van der Waals surface area contributed by atoms with Gasteiger partial charge in [-0.3, -0.25) is 4.79 Å². The highest BCUT2D eigenvalue weighted by molar-refractivity contribution is 5.79. The van der Waals surface area contributed by atoms with Crippen molar-refractivity contribution in [1.29, 1.82) is 0 Å². The zero-order valence-electron chi connectivity index (χ0n) is 10.9. The van der Waals surface area contributed by atoms with Crippen LogP contribution in [0.5, 0.6) is 0 Å². The quantitative estimate of drug-likeness (QED) is 0.798. The van der Waals surface area contributed by atoms with Crippen molar-refractivity contribution in [3.63, 3.8) is 0 Å². The minimum atomic E-state index is 0.227. The molecule has 0 bridgehead atoms. The first-order valence-electron chi connectivity index (χ1n) is 6.62. The van der Waals surface area contributed by atoms with Crippen LogP contribution in [0.4, 0.5) is 0 Å². The normalized spacial score (nSPS) is 25.8. The lowest BCUT2D eigenvalue weighted by atomic mass is 9.85. The lowest BCUT2D eigenvalue weighted by Crippen LogP contribution is -2.42. The molecule has 1 aliphatic carbocycles. The summed E-state index contributed by atoms with van der Waals surface area (Å²) in [5.41, 5.74) is 5.86. The van der Waals surface area contributed by atoms with E-state index >= 15 is 0 Å². The van der Waals surface area contributed by atoms with Gasteiger partial charge in [0.05, 0.1) is 0 Å². The van der Waals surface area contributed by atoms with E-state index in [0.717, 1.165) is 38.5 Å². The van der Waals surface area contributed by atoms with Crippen molar-refractivity contribution in [2.45, 2.75) is 64.5 Å². The zero-order valence-corrected chi connectivity index (χ0v) is 10.9. The lowest BCUT2D eigenvalue weighted by Gasteiger charge is -2.33. The molecule has 3 nitrogen and oxygen atoms in total. The van der Waals surface area contributed by atoms with E-state index in [-0.39, 0.29) is 5.92 Å². The average Bonchev–Trinajstić information content (AvgIpc) is 2.30. The molecule has 0 aromatic heterocycles. The summed E-state index contributed by atoms with van der Waals surface area (Å²) in [5.74, 6) is 0.561. The Labute approximate surface area is 99.4 Å². The molecule has 0 saturated heterocycles. The van der Waals surface area contributed by atoms with Crippen LogP contribution >= 0.6 is 0 Å². The number of hydrogen-bond donors (Lipinski definition) is 1. The summed E-state index contributed by atoms with van der Waals surface area (Å²) in [6.07, 6.45) is 6.06. The minimum Gasteiger partial charge on any atom is -0.343 e. The molecule has 94 valence electrons. The van der Waals surface area contributed by atoms with Crippen LogP contribution in [0.1, 0.15) is 52.4 Å². The molecule has 0 aromatic carbocycles. The summed E-state index contributed by atoms with van der Waals surface area (Å²) in [5, 5.41) is 0. The van der Waals surface area contributed by atoms with E-state index in [1.165, 1.54) is 0 Å². The lowest BCUT2D eigenvalue weighted by molar-refractivity contribution is -0.137. The summed E-state index contributed by atoms with van der Waals surface area (Å²) in [6, 6.07) is 0.727. The van der Waals surface area contributed by atoms with E-state index < -0.39 is 0 Å². The molecular weight excluding hydrogens is 200 g/mol. The van der Waals surface area contributed by atoms with Crippen molar-refractivity contribution < 1.29 is 4.79 Å². The fourth-order valence-electron chi connectivity index (χ4n) is 2.67. The Kier molecular flexibility index (Phi) is 5.26. The molecule has 1 saturated carbocycles. The van der Waals surface area contributed by atoms with Gasteiger partial charge in [0.2, 0.25) is 5.91 Å². The number of rotatable bonds is 4. The highest BCUT2D eigenvalue weighted by Gasteiger charge is 2.28. The topological polar surface area (TPSA) is 46.3 Å². The first-order chi connectivity index (χ1) is 7.60. The predicted molar refractivity (Wildman–Crippen MR) is 67.1 cm³/mol. The molecule has 3 heteroatoms. The third-order valence-electron chi connectivity index (χ3n) is 3.96. The molecular formula is C13H26N2O. The Morgan fingerprint density at radius 3 is 2.19 bits per heavy atom. The molecule has 0 aromatic rings. The number of carbonyl (C=O) groups excluding carboxylic acids is 1. The predicted octanol–water partition coefficient (Wildman–Crippen LogP) is 2.15. The Morgan fingerprint density at radius 1 is 1.25 bits per heavy atom. The smallest absolute Gasteiger partial charge is 0.225 e. The third-order valence-corrected chi connectivity index (χ3v) is 3.96. The van der Waals surface area contributed by atoms with Gasteiger partial charge in [-0.2, -0.15) is 0 Å². The van der Waals surface area contributed by atoms with Crippen molar-refractivity contribution in [3.8, 4) is 0 Å². The molecule has 0 aliphatic heterocycles. The summed E-state index contributed by atoms with van der Waals surface area (Å²) in [4.78, 5) is 14.2. The van der Waals surface area contributed by atoms with E-state index in [9.17, 15) is 4.79 Å². The zero-order chi connectivity index (χ0) is 12.1. The van der Waals surface area contributed by atoms with Gasteiger partial charge in [0, 0.05) is 25.0 Å². The fraction of sp³-hybridized carbons (Fsp3) is 0.923. The van der Waals surface area contributed by atoms with Crippen molar-refractivity contribution in [1.82, 2.24) is 4.90 Å². The van der Waals surface area contributed by atoms with Gasteiger partial charge in [-0.05, 0) is 38.5 Å². The van der Waals surface area contributed by atoms with Crippen molar-refractivity contribution >= 4 is 5.91 Å². The molecule has 16 heavy (non-hydrogen) atoms. The number of hydrogen-bond acceptors (Lipinski definition) is 2. The van der Waals surface area contributed by atoms with Gasteiger partial charge in [-0.25, -0.2) is 0 Å². The van der Waals surface area contributed by atoms with Gasteiger partial charge in [-0.15, -0.1) is 0 Å². The SMILES string of the molecule is CCC(CC)N(C)C(=O)C1CCC(N)CC1. The standard InChI is InChI=1S/C13H26N2O/c1-4-12(5-2)15(3)13(16)10-6-8-11(14)9-7-10/h10-12H,4-9,14H2,1-3H3. The summed E-state index contributed by atoms with van der Waals surface area (Å²) < 4.78 is 0. The second-order valence-electron chi connectivity index (χ2n) is 5.03. The van der Waals surface area contributed by atoms with E-state index in [1.807, 2.05) is 11.9 Å². The number of amides is 1. The first-order valence-corrected chi connectivity index (χ1v) is 6.62. The molecule has 0 heterocycles. The molecule has 1 aliphatic rings. The fourth-order valence-corrected chi connectivity index (χ4v) is 2.67. The van der Waals surface area contributed by atoms with Gasteiger partial charge in [0.1, 0.15) is 0 Å². The number of nitrogens with zero attached hydrogens (tertiary/aromatic N) is 1. The second kappa shape index (κ2) is 6.24. The third kappa shape index (κ3) is 3.21. The van der Waals surface area contributed by atoms with E-state index in [0.29, 0.717) is 18.0 Å². The van der Waals surface area contributed by atoms with Crippen molar-refractivity contribution in [3.05, 3.63) is 0 Å². The molecule has 0 atom stereocenters. The van der Waals surface area contributed by atoms with Gasteiger partial charge < -0.3 is 10.6 Å². The van der Waals surface area contributed by atoms with Crippen LogP contribution in [0.25, 0.3) is 0 Å². The van der Waals surface area contributed by atoms with Gasteiger partial charge >= 0.3 is 0 Å². The first kappa shape index (κ1) is 13.5. The maximum Gasteiger partial charge on any atom is 0.225 e. The number of nitrogens with two attached hydrogens (primary N) is 1. The molecule has 1 rings (SSSR count). The second-order valence-corrected chi connectivity index (χ2v) is 5.03. The Balaban J connectivity index is 2.50. The summed E-state index contributed by atoms with van der Waals surface area (Å²) in [7, 11) is 1.95. The minimum absolute atomic E-state index is 0.227. The van der Waals surface area contributed by atoms with Crippen molar-refractivity contribution in [2.24, 2.45) is 11.7 Å². The van der Waals surface area contributed by atoms with Crippen LogP contribution in [-0.2, 0) is 4.79 Å². The van der Waals surface area contributed by atoms with Crippen LogP contribution in [0, 0.1) is 5.92 Å². The molecule has 1 fully saturated rings. The molecule has 0 radical (unpaired) electrons.